The molecular formula is C22H27N3O2. The molecular weight excluding hydrogens is 338 g/mol. The summed E-state index contributed by atoms with van der Waals surface area (Å²) in [7, 11) is 1.81. The largest absolute Gasteiger partial charge is 0.337 e. The third-order valence-electron chi connectivity index (χ3n) is 4.74. The van der Waals surface area contributed by atoms with Crippen LogP contribution in [0, 0.1) is 0 Å². The molecule has 3 rings (SSSR count). The zero-order valence-corrected chi connectivity index (χ0v) is 16.9. The van der Waals surface area contributed by atoms with E-state index in [2.05, 4.69) is 55.2 Å². The minimum atomic E-state index is -0.0693. The van der Waals surface area contributed by atoms with Crippen molar-refractivity contribution >= 4 is 17.0 Å². The number of hydrogen-bond donors (Lipinski definition) is 0. The first-order valence-electron chi connectivity index (χ1n) is 9.27. The van der Waals surface area contributed by atoms with Gasteiger partial charge in [-0.1, -0.05) is 64.0 Å². The Morgan fingerprint density at radius 1 is 1.19 bits per heavy atom. The number of amides is 1. The first-order valence-corrected chi connectivity index (χ1v) is 9.27. The Balaban J connectivity index is 1.79. The average molecular weight is 365 g/mol. The Morgan fingerprint density at radius 3 is 2.44 bits per heavy atom. The Labute approximate surface area is 160 Å². The van der Waals surface area contributed by atoms with Crippen LogP contribution in [0.15, 0.2) is 41.1 Å². The lowest BCUT2D eigenvalue weighted by Crippen LogP contribution is -2.26. The molecule has 2 heterocycles. The van der Waals surface area contributed by atoms with Crippen molar-refractivity contribution < 1.29 is 9.32 Å². The summed E-state index contributed by atoms with van der Waals surface area (Å²) >= 11 is 0. The number of benzene rings is 1. The molecule has 3 aromatic rings. The van der Waals surface area contributed by atoms with Crippen LogP contribution in [0.25, 0.3) is 11.1 Å². The van der Waals surface area contributed by atoms with Gasteiger partial charge >= 0.3 is 0 Å². The van der Waals surface area contributed by atoms with Gasteiger partial charge in [0.15, 0.2) is 0 Å². The van der Waals surface area contributed by atoms with Gasteiger partial charge in [-0.2, -0.15) is 0 Å². The maximum Gasteiger partial charge on any atom is 0.257 e. The molecule has 1 aromatic carbocycles. The highest BCUT2D eigenvalue weighted by Gasteiger charge is 2.18. The van der Waals surface area contributed by atoms with E-state index in [-0.39, 0.29) is 17.2 Å². The van der Waals surface area contributed by atoms with E-state index in [0.717, 1.165) is 16.6 Å². The molecule has 1 amide bonds. The summed E-state index contributed by atoms with van der Waals surface area (Å²) in [6.07, 6.45) is 1.55. The molecule has 0 atom stereocenters. The van der Waals surface area contributed by atoms with Gasteiger partial charge in [0.1, 0.15) is 0 Å². The van der Waals surface area contributed by atoms with Gasteiger partial charge in [-0.25, -0.2) is 4.98 Å². The second-order valence-corrected chi connectivity index (χ2v) is 8.41. The van der Waals surface area contributed by atoms with Crippen molar-refractivity contribution in [3.63, 3.8) is 0 Å². The molecule has 0 fully saturated rings. The Hall–Kier alpha value is -2.69. The van der Waals surface area contributed by atoms with E-state index >= 15 is 0 Å². The Morgan fingerprint density at radius 2 is 1.85 bits per heavy atom. The van der Waals surface area contributed by atoms with E-state index in [0.29, 0.717) is 17.8 Å². The number of aromatic nitrogens is 2. The van der Waals surface area contributed by atoms with Gasteiger partial charge in [-0.3, -0.25) is 4.79 Å². The molecule has 0 aliphatic rings. The fourth-order valence-corrected chi connectivity index (χ4v) is 3.06. The Kier molecular flexibility index (Phi) is 5.05. The number of pyridine rings is 1. The molecule has 0 aliphatic heterocycles. The van der Waals surface area contributed by atoms with E-state index in [1.54, 1.807) is 18.1 Å². The topological polar surface area (TPSA) is 59.2 Å². The van der Waals surface area contributed by atoms with E-state index < -0.39 is 0 Å². The molecule has 0 spiro atoms. The highest BCUT2D eigenvalue weighted by molar-refractivity contribution is 5.96. The van der Waals surface area contributed by atoms with Crippen molar-refractivity contribution in [3.8, 4) is 0 Å². The van der Waals surface area contributed by atoms with Gasteiger partial charge in [-0.05, 0) is 28.5 Å². The quantitative estimate of drug-likeness (QED) is 0.659. The van der Waals surface area contributed by atoms with Crippen molar-refractivity contribution in [1.29, 1.82) is 0 Å². The highest BCUT2D eigenvalue weighted by atomic mass is 16.5. The molecule has 0 radical (unpaired) electrons. The van der Waals surface area contributed by atoms with E-state index in [1.807, 2.05) is 19.9 Å². The number of nitrogens with zero attached hydrogens (tertiary/aromatic N) is 3. The van der Waals surface area contributed by atoms with E-state index in [1.165, 1.54) is 5.56 Å². The molecule has 0 bridgehead atoms. The third kappa shape index (κ3) is 4.02. The van der Waals surface area contributed by atoms with Crippen LogP contribution >= 0.6 is 0 Å². The second kappa shape index (κ2) is 7.14. The van der Waals surface area contributed by atoms with E-state index in [9.17, 15) is 4.79 Å². The molecule has 0 saturated carbocycles. The fourth-order valence-electron chi connectivity index (χ4n) is 3.06. The summed E-state index contributed by atoms with van der Waals surface area (Å²) in [4.78, 5) is 18.8. The summed E-state index contributed by atoms with van der Waals surface area (Å²) in [5, 5.41) is 4.88. The van der Waals surface area contributed by atoms with Gasteiger partial charge in [-0.15, -0.1) is 0 Å². The van der Waals surface area contributed by atoms with E-state index in [4.69, 9.17) is 4.52 Å². The number of carbonyl (C=O) groups excluding carboxylic acids is 1. The lowest BCUT2D eigenvalue weighted by molar-refractivity contribution is 0.0785. The van der Waals surface area contributed by atoms with Crippen LogP contribution in [0.1, 0.15) is 67.7 Å². The van der Waals surface area contributed by atoms with Crippen LogP contribution in [-0.2, 0) is 12.0 Å². The van der Waals surface area contributed by atoms with Gasteiger partial charge in [0.25, 0.3) is 11.6 Å². The SMILES string of the molecule is CC(C)c1noc2ncc(C(=O)N(C)Cc3ccc(C(C)(C)C)cc3)cc12. The van der Waals surface area contributed by atoms with Crippen LogP contribution in [0.5, 0.6) is 0 Å². The van der Waals surface area contributed by atoms with Gasteiger partial charge in [0.05, 0.1) is 16.6 Å². The van der Waals surface area contributed by atoms with Crippen LogP contribution in [0.4, 0.5) is 0 Å². The van der Waals surface area contributed by atoms with Crippen molar-refractivity contribution in [1.82, 2.24) is 15.0 Å². The molecule has 5 heteroatoms. The van der Waals surface area contributed by atoms with Crippen molar-refractivity contribution in [3.05, 3.63) is 58.9 Å². The zero-order chi connectivity index (χ0) is 19.8. The number of rotatable bonds is 4. The first-order chi connectivity index (χ1) is 12.7. The smallest absolute Gasteiger partial charge is 0.257 e. The van der Waals surface area contributed by atoms with Crippen molar-refractivity contribution in [2.75, 3.05) is 7.05 Å². The maximum absolute atomic E-state index is 12.9. The molecule has 0 aliphatic carbocycles. The summed E-state index contributed by atoms with van der Waals surface area (Å²) < 4.78 is 5.25. The third-order valence-corrected chi connectivity index (χ3v) is 4.74. The lowest BCUT2D eigenvalue weighted by Gasteiger charge is -2.21. The van der Waals surface area contributed by atoms with Crippen molar-refractivity contribution in [2.24, 2.45) is 0 Å². The predicted octanol–water partition coefficient (Wildman–Crippen LogP) is 4.92. The summed E-state index contributed by atoms with van der Waals surface area (Å²) in [6, 6.07) is 10.3. The molecule has 5 nitrogen and oxygen atoms in total. The highest BCUT2D eigenvalue weighted by Crippen LogP contribution is 2.25. The number of hydrogen-bond acceptors (Lipinski definition) is 4. The van der Waals surface area contributed by atoms with Crippen molar-refractivity contribution in [2.45, 2.75) is 52.5 Å². The van der Waals surface area contributed by atoms with Gasteiger partial charge in [0, 0.05) is 19.8 Å². The molecule has 142 valence electrons. The Bertz CT molecular complexity index is 950. The lowest BCUT2D eigenvalue weighted by atomic mass is 9.87. The van der Waals surface area contributed by atoms with Crippen LogP contribution in [0.3, 0.4) is 0 Å². The van der Waals surface area contributed by atoms with Crippen LogP contribution < -0.4 is 0 Å². The average Bonchev–Trinajstić information content (AvgIpc) is 3.04. The second-order valence-electron chi connectivity index (χ2n) is 8.41. The zero-order valence-electron chi connectivity index (χ0n) is 16.9. The van der Waals surface area contributed by atoms with Crippen LogP contribution in [0.2, 0.25) is 0 Å². The number of carbonyl (C=O) groups is 1. The van der Waals surface area contributed by atoms with Gasteiger partial charge < -0.3 is 9.42 Å². The minimum Gasteiger partial charge on any atom is -0.337 e. The van der Waals surface area contributed by atoms with Gasteiger partial charge in [0.2, 0.25) is 0 Å². The molecule has 0 N–H and O–H groups in total. The van der Waals surface area contributed by atoms with Crippen LogP contribution in [-0.4, -0.2) is 28.0 Å². The molecule has 0 saturated heterocycles. The minimum absolute atomic E-state index is 0.0693. The summed E-state index contributed by atoms with van der Waals surface area (Å²) in [5.41, 5.74) is 4.34. The molecule has 2 aromatic heterocycles. The maximum atomic E-state index is 12.9. The summed E-state index contributed by atoms with van der Waals surface area (Å²) in [5.74, 6) is 0.137. The predicted molar refractivity (Wildman–Crippen MR) is 107 cm³/mol. The monoisotopic (exact) mass is 365 g/mol. The standard InChI is InChI=1S/C22H27N3O2/c1-14(2)19-18-11-16(12-23-20(18)27-24-19)21(26)25(6)13-15-7-9-17(10-8-15)22(3,4)5/h7-12,14H,13H2,1-6H3. The first kappa shape index (κ1) is 19.1. The molecule has 0 unspecified atom stereocenters. The normalized spacial score (nSPS) is 12.0. The summed E-state index contributed by atoms with van der Waals surface area (Å²) in [6.45, 7) is 11.2. The fraction of sp³-hybridized carbons (Fsp3) is 0.409. The number of fused-ring (bicyclic) bond motifs is 1. The molecule has 27 heavy (non-hydrogen) atoms.